The Balaban J connectivity index is 1.09. The topological polar surface area (TPSA) is 157 Å². The number of allylic oxidation sites excluding steroid dienone is 1. The van der Waals surface area contributed by atoms with Crippen molar-refractivity contribution in [3.05, 3.63) is 47.5 Å². The van der Waals surface area contributed by atoms with E-state index in [4.69, 9.17) is 19.4 Å². The number of ether oxygens (including phenoxy) is 2. The van der Waals surface area contributed by atoms with E-state index in [9.17, 15) is 22.8 Å². The molecule has 1 aromatic carbocycles. The number of aromatic nitrogens is 2. The number of pyridine rings is 1. The van der Waals surface area contributed by atoms with Crippen LogP contribution in [0.4, 0.5) is 0 Å². The number of hydrogen-bond acceptors (Lipinski definition) is 10. The maximum absolute atomic E-state index is 14.2. The number of methoxy groups -OCH3 is 1. The molecular weight excluding hydrogens is 691 g/mol. The summed E-state index contributed by atoms with van der Waals surface area (Å²) >= 11 is 1.55. The van der Waals surface area contributed by atoms with E-state index in [0.29, 0.717) is 42.6 Å². The van der Waals surface area contributed by atoms with E-state index in [1.807, 2.05) is 36.4 Å². The van der Waals surface area contributed by atoms with E-state index in [-0.39, 0.29) is 31.1 Å². The van der Waals surface area contributed by atoms with Crippen molar-refractivity contribution >= 4 is 49.9 Å². The number of nitrogens with one attached hydrogen (secondary N) is 2. The van der Waals surface area contributed by atoms with Crippen molar-refractivity contribution in [3.63, 3.8) is 0 Å². The standard InChI is InChI=1S/C37H43N5O7S2/c1-42-14-6-4-3-5-7-23-19-37(23,36(45)41-51(46,47)26-11-12-26)40-32(43)28-17-25(18-29(28)35(42)44)49-33-27-13-10-24(48-2)15-22(27)16-30(38-33)34-39-31(20-50-34)21-8-9-21/h5,7,10,13,15-16,20-21,23,25-26,28-29H,3-4,6,8-9,11-12,14,17-19H2,1-2H3,(H,40,43)(H,41,45)/b7-5-/t23-,25+,28+,29+,37+/m0/s1. The van der Waals surface area contributed by atoms with Crippen molar-refractivity contribution in [2.45, 2.75) is 87.0 Å². The number of nitrogens with zero attached hydrogens (tertiary/aromatic N) is 3. The van der Waals surface area contributed by atoms with Gasteiger partial charge in [-0.2, -0.15) is 0 Å². The molecule has 0 saturated heterocycles. The Hall–Kier alpha value is -4.04. The Kier molecular flexibility index (Phi) is 8.80. The Morgan fingerprint density at radius 1 is 1.08 bits per heavy atom. The third-order valence-electron chi connectivity index (χ3n) is 11.0. The fraction of sp³-hybridized carbons (Fsp3) is 0.541. The number of carbonyl (C=O) groups excluding carboxylic acids is 3. The van der Waals surface area contributed by atoms with E-state index in [1.54, 1.807) is 30.4 Å². The van der Waals surface area contributed by atoms with Gasteiger partial charge in [0.1, 0.15) is 28.1 Å². The van der Waals surface area contributed by atoms with Gasteiger partial charge in [-0.1, -0.05) is 12.2 Å². The molecule has 51 heavy (non-hydrogen) atoms. The Bertz CT molecular complexity index is 2020. The highest BCUT2D eigenvalue weighted by Crippen LogP contribution is 2.47. The molecule has 12 nitrogen and oxygen atoms in total. The van der Waals surface area contributed by atoms with Crippen LogP contribution in [0.2, 0.25) is 0 Å². The second kappa shape index (κ2) is 13.2. The van der Waals surface area contributed by atoms with Gasteiger partial charge in [-0.25, -0.2) is 18.4 Å². The summed E-state index contributed by atoms with van der Waals surface area (Å²) in [5, 5.41) is 6.89. The number of benzene rings is 1. The average Bonchev–Trinajstić information content (AvgIpc) is 4.06. The Morgan fingerprint density at radius 3 is 2.65 bits per heavy atom. The zero-order valence-electron chi connectivity index (χ0n) is 28.8. The molecule has 8 rings (SSSR count). The second-order valence-corrected chi connectivity index (χ2v) is 17.6. The van der Waals surface area contributed by atoms with Gasteiger partial charge in [-0.15, -0.1) is 11.3 Å². The minimum atomic E-state index is -3.82. The number of fused-ring (bicyclic) bond motifs is 3. The van der Waals surface area contributed by atoms with Gasteiger partial charge < -0.3 is 19.7 Å². The minimum Gasteiger partial charge on any atom is -0.497 e. The highest BCUT2D eigenvalue weighted by Gasteiger charge is 2.62. The lowest BCUT2D eigenvalue weighted by Gasteiger charge is -2.26. The van der Waals surface area contributed by atoms with Crippen LogP contribution in [0.25, 0.3) is 21.5 Å². The van der Waals surface area contributed by atoms with E-state index in [2.05, 4.69) is 15.4 Å². The predicted octanol–water partition coefficient (Wildman–Crippen LogP) is 4.70. The quantitative estimate of drug-likeness (QED) is 0.314. The molecule has 14 heteroatoms. The van der Waals surface area contributed by atoms with Crippen LogP contribution in [-0.4, -0.2) is 78.6 Å². The first-order valence-electron chi connectivity index (χ1n) is 18.0. The van der Waals surface area contributed by atoms with Crippen molar-refractivity contribution in [2.75, 3.05) is 20.7 Å². The minimum absolute atomic E-state index is 0.150. The number of carbonyl (C=O) groups is 3. The molecule has 3 heterocycles. The molecule has 2 aromatic heterocycles. The van der Waals surface area contributed by atoms with E-state index in [1.165, 1.54) is 0 Å². The van der Waals surface area contributed by atoms with Gasteiger partial charge in [0.25, 0.3) is 5.91 Å². The number of hydrogen-bond donors (Lipinski definition) is 2. The fourth-order valence-corrected chi connectivity index (χ4v) is 9.78. The van der Waals surface area contributed by atoms with Crippen LogP contribution in [0, 0.1) is 17.8 Å². The van der Waals surface area contributed by atoms with E-state index < -0.39 is 50.6 Å². The normalized spacial score (nSPS) is 29.0. The maximum Gasteiger partial charge on any atom is 0.259 e. The number of sulfonamides is 1. The molecule has 0 radical (unpaired) electrons. The Morgan fingerprint density at radius 2 is 1.88 bits per heavy atom. The third-order valence-corrected chi connectivity index (χ3v) is 13.7. The fourth-order valence-electron chi connectivity index (χ4n) is 7.55. The molecule has 1 aliphatic heterocycles. The summed E-state index contributed by atoms with van der Waals surface area (Å²) in [6.45, 7) is 0.560. The zero-order chi connectivity index (χ0) is 35.5. The van der Waals surface area contributed by atoms with Gasteiger partial charge in [0.15, 0.2) is 0 Å². The van der Waals surface area contributed by atoms with Crippen molar-refractivity contribution in [2.24, 2.45) is 17.8 Å². The summed E-state index contributed by atoms with van der Waals surface area (Å²) in [5.74, 6) is -1.56. The molecule has 4 aliphatic carbocycles. The summed E-state index contributed by atoms with van der Waals surface area (Å²) in [6, 6.07) is 7.65. The van der Waals surface area contributed by atoms with E-state index >= 15 is 0 Å². The van der Waals surface area contributed by atoms with Crippen molar-refractivity contribution in [1.82, 2.24) is 24.9 Å². The van der Waals surface area contributed by atoms with Gasteiger partial charge in [-0.05, 0) is 93.9 Å². The zero-order valence-corrected chi connectivity index (χ0v) is 30.4. The van der Waals surface area contributed by atoms with Gasteiger partial charge in [-0.3, -0.25) is 19.1 Å². The first kappa shape index (κ1) is 34.1. The van der Waals surface area contributed by atoms with Gasteiger partial charge in [0, 0.05) is 36.2 Å². The van der Waals surface area contributed by atoms with Crippen molar-refractivity contribution < 1.29 is 32.3 Å². The van der Waals surface area contributed by atoms with Crippen LogP contribution in [0.15, 0.2) is 41.8 Å². The van der Waals surface area contributed by atoms with Crippen LogP contribution in [0.1, 0.15) is 75.8 Å². The van der Waals surface area contributed by atoms with E-state index in [0.717, 1.165) is 53.6 Å². The largest absolute Gasteiger partial charge is 0.497 e. The summed E-state index contributed by atoms with van der Waals surface area (Å²) in [5.41, 5.74) is 0.367. The third kappa shape index (κ3) is 6.84. The summed E-state index contributed by atoms with van der Waals surface area (Å²) < 4.78 is 40.0. The monoisotopic (exact) mass is 733 g/mol. The van der Waals surface area contributed by atoms with Gasteiger partial charge in [0.2, 0.25) is 27.7 Å². The molecule has 4 fully saturated rings. The predicted molar refractivity (Wildman–Crippen MR) is 192 cm³/mol. The van der Waals surface area contributed by atoms with Crippen LogP contribution < -0.4 is 19.5 Å². The van der Waals surface area contributed by atoms with Gasteiger partial charge >= 0.3 is 0 Å². The lowest BCUT2D eigenvalue weighted by atomic mass is 9.93. The number of rotatable bonds is 8. The Labute approximate surface area is 301 Å². The molecule has 4 saturated carbocycles. The molecule has 0 spiro atoms. The highest BCUT2D eigenvalue weighted by molar-refractivity contribution is 7.91. The molecule has 3 amide bonds. The molecule has 2 N–H and O–H groups in total. The van der Waals surface area contributed by atoms with Crippen LogP contribution in [0.5, 0.6) is 11.6 Å². The highest BCUT2D eigenvalue weighted by atomic mass is 32.2. The average molecular weight is 734 g/mol. The molecule has 270 valence electrons. The molecule has 5 aliphatic rings. The van der Waals surface area contributed by atoms with Crippen molar-refractivity contribution in [3.8, 4) is 22.3 Å². The van der Waals surface area contributed by atoms with Crippen LogP contribution >= 0.6 is 11.3 Å². The summed E-state index contributed by atoms with van der Waals surface area (Å²) in [7, 11) is -0.445. The molecule has 0 unspecified atom stereocenters. The molecular formula is C37H43N5O7S2. The molecule has 3 aromatic rings. The SMILES string of the molecule is COc1ccc2c(O[C@@H]3C[C@H]4C(=O)N[C@]5(C(=O)NS(=O)(=O)C6CC6)C[C@@H]5/C=C\CCCCN(C)C(=O)[C@@H]4C3)nc(-c3nc(C4CC4)cs3)cc2c1. The van der Waals surface area contributed by atoms with Crippen LogP contribution in [-0.2, 0) is 24.4 Å². The molecule has 0 bridgehead atoms. The molecule has 5 atom stereocenters. The summed E-state index contributed by atoms with van der Waals surface area (Å²) in [6.07, 6.45) is 9.87. The number of thiazole rings is 1. The second-order valence-electron chi connectivity index (χ2n) is 14.8. The van der Waals surface area contributed by atoms with Gasteiger partial charge in [0.05, 0.1) is 29.9 Å². The van der Waals surface area contributed by atoms with Crippen molar-refractivity contribution in [1.29, 1.82) is 0 Å². The first-order valence-corrected chi connectivity index (χ1v) is 20.4. The summed E-state index contributed by atoms with van der Waals surface area (Å²) in [4.78, 5) is 53.3. The van der Waals surface area contributed by atoms with Crippen LogP contribution in [0.3, 0.4) is 0 Å². The first-order chi connectivity index (χ1) is 24.5. The lowest BCUT2D eigenvalue weighted by molar-refractivity contribution is -0.140. The lowest BCUT2D eigenvalue weighted by Crippen LogP contribution is -2.54. The number of amides is 3. The maximum atomic E-state index is 14.2. The smallest absolute Gasteiger partial charge is 0.259 e.